The van der Waals surface area contributed by atoms with E-state index in [-0.39, 0.29) is 5.69 Å². The summed E-state index contributed by atoms with van der Waals surface area (Å²) in [6, 6.07) is 0. The van der Waals surface area contributed by atoms with Crippen LogP contribution in [0.15, 0.2) is 12.4 Å². The van der Waals surface area contributed by atoms with Crippen LogP contribution in [0.2, 0.25) is 5.02 Å². The first-order valence-electron chi connectivity index (χ1n) is 4.39. The van der Waals surface area contributed by atoms with Gasteiger partial charge in [0.2, 0.25) is 0 Å². The highest BCUT2D eigenvalue weighted by atomic mass is 35.5. The molecular weight excluding hydrogens is 218 g/mol. The molecular formula is C9H8ClN3O2. The van der Waals surface area contributed by atoms with E-state index in [1.54, 1.807) is 0 Å². The number of aromatic nitrogens is 3. The van der Waals surface area contributed by atoms with Gasteiger partial charge in [-0.25, -0.2) is 14.3 Å². The molecule has 0 saturated heterocycles. The first-order valence-corrected chi connectivity index (χ1v) is 4.77. The predicted octanol–water partition coefficient (Wildman–Crippen LogP) is 1.64. The molecule has 78 valence electrons. The van der Waals surface area contributed by atoms with Gasteiger partial charge in [-0.2, -0.15) is 5.10 Å². The fourth-order valence-corrected chi connectivity index (χ4v) is 1.60. The van der Waals surface area contributed by atoms with Gasteiger partial charge in [-0.15, -0.1) is 0 Å². The molecule has 0 saturated carbocycles. The summed E-state index contributed by atoms with van der Waals surface area (Å²) < 4.78 is 1.25. The molecule has 0 aliphatic carbocycles. The van der Waals surface area contributed by atoms with E-state index in [0.29, 0.717) is 22.7 Å². The first kappa shape index (κ1) is 9.92. The summed E-state index contributed by atoms with van der Waals surface area (Å²) in [6.45, 7) is 1.86. The number of carbonyl (C=O) groups is 1. The molecule has 0 fully saturated rings. The van der Waals surface area contributed by atoms with Gasteiger partial charge in [-0.05, 0) is 6.42 Å². The second kappa shape index (κ2) is 3.51. The summed E-state index contributed by atoms with van der Waals surface area (Å²) in [5.41, 5.74) is 1.12. The van der Waals surface area contributed by atoms with Crippen LogP contribution in [0, 0.1) is 0 Å². The van der Waals surface area contributed by atoms with Crippen molar-refractivity contribution >= 4 is 23.2 Å². The summed E-state index contributed by atoms with van der Waals surface area (Å²) in [5.74, 6) is -1.03. The van der Waals surface area contributed by atoms with Gasteiger partial charge in [-0.1, -0.05) is 18.5 Å². The molecule has 5 nitrogen and oxygen atoms in total. The van der Waals surface area contributed by atoms with Crippen molar-refractivity contribution < 1.29 is 9.90 Å². The maximum absolute atomic E-state index is 11.1. The highest BCUT2D eigenvalue weighted by molar-refractivity contribution is 6.33. The van der Waals surface area contributed by atoms with Crippen molar-refractivity contribution in [2.75, 3.05) is 0 Å². The lowest BCUT2D eigenvalue weighted by Gasteiger charge is -2.04. The van der Waals surface area contributed by atoms with Crippen molar-refractivity contribution in [1.82, 2.24) is 14.6 Å². The SMILES string of the molecule is CCc1cnc2c(Cl)cnn2c1C(=O)O. The number of hydrogen-bond acceptors (Lipinski definition) is 3. The van der Waals surface area contributed by atoms with Gasteiger partial charge in [-0.3, -0.25) is 0 Å². The van der Waals surface area contributed by atoms with Gasteiger partial charge in [0.1, 0.15) is 5.02 Å². The van der Waals surface area contributed by atoms with E-state index in [9.17, 15) is 4.79 Å². The molecule has 0 unspecified atom stereocenters. The van der Waals surface area contributed by atoms with Crippen LogP contribution in [0.1, 0.15) is 23.0 Å². The number of halogens is 1. The summed E-state index contributed by atoms with van der Waals surface area (Å²) in [5, 5.41) is 13.3. The maximum Gasteiger partial charge on any atom is 0.354 e. The Labute approximate surface area is 90.3 Å². The molecule has 2 aromatic rings. The number of carboxylic acids is 1. The van der Waals surface area contributed by atoms with Crippen molar-refractivity contribution in [1.29, 1.82) is 0 Å². The topological polar surface area (TPSA) is 67.5 Å². The highest BCUT2D eigenvalue weighted by Crippen LogP contribution is 2.18. The smallest absolute Gasteiger partial charge is 0.354 e. The summed E-state index contributed by atoms with van der Waals surface area (Å²) in [7, 11) is 0. The molecule has 2 heterocycles. The average molecular weight is 226 g/mol. The van der Waals surface area contributed by atoms with Crippen molar-refractivity contribution in [2.45, 2.75) is 13.3 Å². The quantitative estimate of drug-likeness (QED) is 0.844. The van der Waals surface area contributed by atoms with Gasteiger partial charge in [0.15, 0.2) is 11.3 Å². The Morgan fingerprint density at radius 2 is 2.33 bits per heavy atom. The normalized spacial score (nSPS) is 10.8. The molecule has 0 aliphatic heterocycles. The standard InChI is InChI=1S/C9H8ClN3O2/c1-2-5-3-11-8-6(10)4-12-13(8)7(5)9(14)15/h3-4H,2H2,1H3,(H,14,15). The monoisotopic (exact) mass is 225 g/mol. The van der Waals surface area contributed by atoms with Crippen LogP contribution in [-0.4, -0.2) is 25.7 Å². The van der Waals surface area contributed by atoms with Gasteiger partial charge in [0.05, 0.1) is 6.20 Å². The van der Waals surface area contributed by atoms with Gasteiger partial charge >= 0.3 is 5.97 Å². The minimum atomic E-state index is -1.03. The van der Waals surface area contributed by atoms with Crippen LogP contribution in [0.25, 0.3) is 5.65 Å². The van der Waals surface area contributed by atoms with Gasteiger partial charge < -0.3 is 5.11 Å². The third-order valence-corrected chi connectivity index (χ3v) is 2.41. The lowest BCUT2D eigenvalue weighted by molar-refractivity contribution is 0.0686. The molecule has 15 heavy (non-hydrogen) atoms. The Balaban J connectivity index is 2.85. The third-order valence-electron chi connectivity index (χ3n) is 2.14. The Hall–Kier alpha value is -1.62. The Kier molecular flexibility index (Phi) is 2.32. The lowest BCUT2D eigenvalue weighted by Crippen LogP contribution is -2.11. The average Bonchev–Trinajstić information content (AvgIpc) is 2.58. The number of rotatable bonds is 2. The zero-order valence-corrected chi connectivity index (χ0v) is 8.69. The summed E-state index contributed by atoms with van der Waals surface area (Å²) >= 11 is 5.81. The molecule has 0 atom stereocenters. The number of aryl methyl sites for hydroxylation is 1. The molecule has 0 radical (unpaired) electrons. The van der Waals surface area contributed by atoms with E-state index < -0.39 is 5.97 Å². The minimum absolute atomic E-state index is 0.120. The maximum atomic E-state index is 11.1. The largest absolute Gasteiger partial charge is 0.476 e. The molecule has 0 bridgehead atoms. The Bertz CT molecular complexity index is 535. The van der Waals surface area contributed by atoms with Gasteiger partial charge in [0, 0.05) is 11.8 Å². The van der Waals surface area contributed by atoms with Crippen LogP contribution in [0.5, 0.6) is 0 Å². The zero-order valence-electron chi connectivity index (χ0n) is 7.94. The third kappa shape index (κ3) is 1.45. The number of fused-ring (bicyclic) bond motifs is 1. The van der Waals surface area contributed by atoms with Crippen molar-refractivity contribution in [3.8, 4) is 0 Å². The van der Waals surface area contributed by atoms with Crippen LogP contribution in [-0.2, 0) is 6.42 Å². The predicted molar refractivity (Wildman–Crippen MR) is 54.3 cm³/mol. The van der Waals surface area contributed by atoms with Crippen molar-refractivity contribution in [3.63, 3.8) is 0 Å². The van der Waals surface area contributed by atoms with E-state index in [2.05, 4.69) is 10.1 Å². The van der Waals surface area contributed by atoms with Crippen molar-refractivity contribution in [2.24, 2.45) is 0 Å². The molecule has 2 rings (SSSR count). The lowest BCUT2D eigenvalue weighted by atomic mass is 10.2. The molecule has 1 N–H and O–H groups in total. The van der Waals surface area contributed by atoms with Crippen LogP contribution >= 0.6 is 11.6 Å². The number of aromatic carboxylic acids is 1. The van der Waals surface area contributed by atoms with E-state index >= 15 is 0 Å². The first-order chi connectivity index (χ1) is 7.15. The molecule has 6 heteroatoms. The Morgan fingerprint density at radius 1 is 1.60 bits per heavy atom. The minimum Gasteiger partial charge on any atom is -0.476 e. The van der Waals surface area contributed by atoms with Crippen LogP contribution < -0.4 is 0 Å². The van der Waals surface area contributed by atoms with Crippen molar-refractivity contribution in [3.05, 3.63) is 28.7 Å². The molecule has 0 aromatic carbocycles. The fourth-order valence-electron chi connectivity index (χ4n) is 1.42. The van der Waals surface area contributed by atoms with Gasteiger partial charge in [0.25, 0.3) is 0 Å². The fraction of sp³-hybridized carbons (Fsp3) is 0.222. The van der Waals surface area contributed by atoms with E-state index in [1.807, 2.05) is 6.92 Å². The van der Waals surface area contributed by atoms with E-state index in [1.165, 1.54) is 16.9 Å². The zero-order chi connectivity index (χ0) is 11.0. The van der Waals surface area contributed by atoms with E-state index in [0.717, 1.165) is 0 Å². The molecule has 0 spiro atoms. The molecule has 0 amide bonds. The second-order valence-electron chi connectivity index (χ2n) is 3.02. The molecule has 0 aliphatic rings. The van der Waals surface area contributed by atoms with E-state index in [4.69, 9.17) is 16.7 Å². The number of carboxylic acid groups (broad SMARTS) is 1. The molecule has 2 aromatic heterocycles. The summed E-state index contributed by atoms with van der Waals surface area (Å²) in [4.78, 5) is 15.1. The van der Waals surface area contributed by atoms with Crippen LogP contribution in [0.4, 0.5) is 0 Å². The summed E-state index contributed by atoms with van der Waals surface area (Å²) in [6.07, 6.45) is 3.49. The number of nitrogens with zero attached hydrogens (tertiary/aromatic N) is 3. The highest BCUT2D eigenvalue weighted by Gasteiger charge is 2.16. The Morgan fingerprint density at radius 3 is 2.93 bits per heavy atom. The number of hydrogen-bond donors (Lipinski definition) is 1. The second-order valence-corrected chi connectivity index (χ2v) is 3.43. The van der Waals surface area contributed by atoms with Crippen LogP contribution in [0.3, 0.4) is 0 Å².